The Morgan fingerprint density at radius 3 is 2.43 bits per heavy atom. The summed E-state index contributed by atoms with van der Waals surface area (Å²) >= 11 is 0. The first-order valence-corrected chi connectivity index (χ1v) is 10.8. The fraction of sp³-hybridized carbons (Fsp3) is 0.458. The average molecular weight is 411 g/mol. The highest BCUT2D eigenvalue weighted by atomic mass is 16.5. The molecule has 6 heteroatoms. The molecule has 0 aromatic heterocycles. The Balaban J connectivity index is 1.50. The van der Waals surface area contributed by atoms with Gasteiger partial charge in [-0.05, 0) is 36.1 Å². The molecule has 30 heavy (non-hydrogen) atoms. The third-order valence-electron chi connectivity index (χ3n) is 5.25. The van der Waals surface area contributed by atoms with Crippen LogP contribution in [0, 0.1) is 0 Å². The van der Waals surface area contributed by atoms with E-state index in [0.29, 0.717) is 6.61 Å². The number of rotatable bonds is 9. The fourth-order valence-electron chi connectivity index (χ4n) is 3.61. The Kier molecular flexibility index (Phi) is 9.00. The van der Waals surface area contributed by atoms with Crippen LogP contribution in [0.5, 0.6) is 5.75 Å². The largest absolute Gasteiger partial charge is 0.494 e. The number of nitrogens with one attached hydrogen (secondary N) is 2. The first-order valence-electron chi connectivity index (χ1n) is 10.8. The molecule has 0 bridgehead atoms. The highest BCUT2D eigenvalue weighted by Gasteiger charge is 2.13. The van der Waals surface area contributed by atoms with E-state index in [9.17, 15) is 0 Å². The maximum Gasteiger partial charge on any atom is 0.191 e. The van der Waals surface area contributed by atoms with Gasteiger partial charge in [0.05, 0.1) is 19.8 Å². The molecule has 0 amide bonds. The van der Waals surface area contributed by atoms with Crippen molar-refractivity contribution in [2.75, 3.05) is 46.5 Å². The quantitative estimate of drug-likeness (QED) is 0.492. The maximum atomic E-state index is 5.72. The number of morpholine rings is 1. The van der Waals surface area contributed by atoms with Gasteiger partial charge in [0, 0.05) is 39.8 Å². The van der Waals surface area contributed by atoms with Crippen molar-refractivity contribution in [3.8, 4) is 5.75 Å². The molecule has 1 fully saturated rings. The van der Waals surface area contributed by atoms with E-state index in [-0.39, 0.29) is 0 Å². The van der Waals surface area contributed by atoms with Crippen molar-refractivity contribution in [1.29, 1.82) is 0 Å². The molecule has 6 nitrogen and oxygen atoms in total. The molecular formula is C24H34N4O2. The van der Waals surface area contributed by atoms with Crippen LogP contribution in [0.2, 0.25) is 0 Å². The van der Waals surface area contributed by atoms with Gasteiger partial charge in [-0.25, -0.2) is 0 Å². The van der Waals surface area contributed by atoms with Crippen molar-refractivity contribution in [3.05, 3.63) is 65.2 Å². The number of hydrogen-bond acceptors (Lipinski definition) is 4. The van der Waals surface area contributed by atoms with Crippen LogP contribution < -0.4 is 15.4 Å². The van der Waals surface area contributed by atoms with E-state index in [1.807, 2.05) is 26.1 Å². The van der Waals surface area contributed by atoms with E-state index in [0.717, 1.165) is 64.1 Å². The van der Waals surface area contributed by atoms with Gasteiger partial charge >= 0.3 is 0 Å². The van der Waals surface area contributed by atoms with Crippen molar-refractivity contribution in [2.24, 2.45) is 4.99 Å². The third kappa shape index (κ3) is 6.75. The van der Waals surface area contributed by atoms with Gasteiger partial charge in [0.15, 0.2) is 5.96 Å². The third-order valence-corrected chi connectivity index (χ3v) is 5.25. The second kappa shape index (κ2) is 12.2. The van der Waals surface area contributed by atoms with Crippen LogP contribution in [0.15, 0.2) is 53.5 Å². The number of hydrogen-bond donors (Lipinski definition) is 2. The minimum Gasteiger partial charge on any atom is -0.494 e. The molecule has 0 atom stereocenters. The molecule has 1 aliphatic heterocycles. The lowest BCUT2D eigenvalue weighted by molar-refractivity contribution is 0.0341. The molecule has 0 radical (unpaired) electrons. The normalized spacial score (nSPS) is 15.1. The smallest absolute Gasteiger partial charge is 0.191 e. The standard InChI is InChI=1S/C24H34N4O2/c1-3-30-23-11-7-6-8-20(23)12-13-26-24(25-2)27-18-21-9-4-5-10-22(21)19-28-14-16-29-17-15-28/h4-11H,3,12-19H2,1-2H3,(H2,25,26,27). The summed E-state index contributed by atoms with van der Waals surface area (Å²) in [5.41, 5.74) is 3.86. The van der Waals surface area contributed by atoms with Gasteiger partial charge in [0.1, 0.15) is 5.75 Å². The number of benzene rings is 2. The first kappa shape index (κ1) is 22.1. The highest BCUT2D eigenvalue weighted by Crippen LogP contribution is 2.18. The molecule has 0 unspecified atom stereocenters. The lowest BCUT2D eigenvalue weighted by Crippen LogP contribution is -2.38. The Labute approximate surface area is 180 Å². The monoisotopic (exact) mass is 410 g/mol. The minimum atomic E-state index is 0.678. The van der Waals surface area contributed by atoms with Crippen molar-refractivity contribution in [1.82, 2.24) is 15.5 Å². The fourth-order valence-corrected chi connectivity index (χ4v) is 3.61. The molecular weight excluding hydrogens is 376 g/mol. The van der Waals surface area contributed by atoms with Crippen LogP contribution >= 0.6 is 0 Å². The van der Waals surface area contributed by atoms with E-state index in [2.05, 4.69) is 56.9 Å². The van der Waals surface area contributed by atoms with Gasteiger partial charge in [-0.2, -0.15) is 0 Å². The Bertz CT molecular complexity index is 803. The van der Waals surface area contributed by atoms with Crippen molar-refractivity contribution < 1.29 is 9.47 Å². The number of nitrogens with zero attached hydrogens (tertiary/aromatic N) is 2. The molecule has 1 aliphatic rings. The first-order chi connectivity index (χ1) is 14.8. The molecule has 162 valence electrons. The SMILES string of the molecule is CCOc1ccccc1CCNC(=NC)NCc1ccccc1CN1CCOCC1. The Morgan fingerprint density at radius 2 is 1.70 bits per heavy atom. The van der Waals surface area contributed by atoms with Crippen molar-refractivity contribution in [2.45, 2.75) is 26.4 Å². The minimum absolute atomic E-state index is 0.678. The second-order valence-electron chi connectivity index (χ2n) is 7.30. The molecule has 1 heterocycles. The summed E-state index contributed by atoms with van der Waals surface area (Å²) in [4.78, 5) is 6.82. The molecule has 0 saturated carbocycles. The molecule has 2 N–H and O–H groups in total. The summed E-state index contributed by atoms with van der Waals surface area (Å²) in [6.45, 7) is 8.82. The van der Waals surface area contributed by atoms with Crippen LogP contribution in [-0.2, 0) is 24.2 Å². The number of aliphatic imine (C=N–C) groups is 1. The summed E-state index contributed by atoms with van der Waals surface area (Å²) in [6, 6.07) is 16.8. The highest BCUT2D eigenvalue weighted by molar-refractivity contribution is 5.79. The van der Waals surface area contributed by atoms with E-state index >= 15 is 0 Å². The van der Waals surface area contributed by atoms with E-state index in [1.165, 1.54) is 16.7 Å². The van der Waals surface area contributed by atoms with Crippen LogP contribution in [0.25, 0.3) is 0 Å². The zero-order chi connectivity index (χ0) is 21.0. The topological polar surface area (TPSA) is 58.1 Å². The second-order valence-corrected chi connectivity index (χ2v) is 7.30. The summed E-state index contributed by atoms with van der Waals surface area (Å²) in [6.07, 6.45) is 0.879. The maximum absolute atomic E-state index is 5.72. The van der Waals surface area contributed by atoms with Crippen LogP contribution in [0.3, 0.4) is 0 Å². The van der Waals surface area contributed by atoms with Gasteiger partial charge in [0.2, 0.25) is 0 Å². The zero-order valence-corrected chi connectivity index (χ0v) is 18.2. The Hall–Kier alpha value is -2.57. The van der Waals surface area contributed by atoms with Gasteiger partial charge < -0.3 is 20.1 Å². The van der Waals surface area contributed by atoms with E-state index in [1.54, 1.807) is 0 Å². The molecule has 2 aromatic rings. The van der Waals surface area contributed by atoms with Gasteiger partial charge in [-0.15, -0.1) is 0 Å². The van der Waals surface area contributed by atoms with Gasteiger partial charge in [0.25, 0.3) is 0 Å². The number of guanidine groups is 1. The average Bonchev–Trinajstić information content (AvgIpc) is 2.79. The number of para-hydroxylation sites is 1. The summed E-state index contributed by atoms with van der Waals surface area (Å²) in [5.74, 6) is 1.77. The van der Waals surface area contributed by atoms with E-state index < -0.39 is 0 Å². The molecule has 3 rings (SSSR count). The van der Waals surface area contributed by atoms with Crippen LogP contribution in [0.4, 0.5) is 0 Å². The summed E-state index contributed by atoms with van der Waals surface area (Å²) < 4.78 is 11.2. The van der Waals surface area contributed by atoms with E-state index in [4.69, 9.17) is 9.47 Å². The van der Waals surface area contributed by atoms with Crippen LogP contribution in [0.1, 0.15) is 23.6 Å². The summed E-state index contributed by atoms with van der Waals surface area (Å²) in [7, 11) is 1.81. The Morgan fingerprint density at radius 1 is 1.00 bits per heavy atom. The van der Waals surface area contributed by atoms with Crippen LogP contribution in [-0.4, -0.2) is 57.4 Å². The van der Waals surface area contributed by atoms with Gasteiger partial charge in [-0.3, -0.25) is 9.89 Å². The van der Waals surface area contributed by atoms with Crippen molar-refractivity contribution >= 4 is 5.96 Å². The van der Waals surface area contributed by atoms with Crippen molar-refractivity contribution in [3.63, 3.8) is 0 Å². The predicted molar refractivity (Wildman–Crippen MR) is 122 cm³/mol. The summed E-state index contributed by atoms with van der Waals surface area (Å²) in [5, 5.41) is 6.87. The van der Waals surface area contributed by atoms with Gasteiger partial charge in [-0.1, -0.05) is 42.5 Å². The molecule has 1 saturated heterocycles. The number of ether oxygens (including phenoxy) is 2. The molecule has 0 spiro atoms. The predicted octanol–water partition coefficient (Wildman–Crippen LogP) is 2.83. The lowest BCUT2D eigenvalue weighted by Gasteiger charge is -2.27. The zero-order valence-electron chi connectivity index (χ0n) is 18.2. The molecule has 2 aromatic carbocycles. The molecule has 0 aliphatic carbocycles. The lowest BCUT2D eigenvalue weighted by atomic mass is 10.1.